The van der Waals surface area contributed by atoms with E-state index < -0.39 is 0 Å². The number of fused-ring (bicyclic) bond motifs is 1. The maximum absolute atomic E-state index is 13.0. The van der Waals surface area contributed by atoms with Crippen LogP contribution in [0.3, 0.4) is 0 Å². The van der Waals surface area contributed by atoms with E-state index in [2.05, 4.69) is 4.90 Å². The molecule has 2 heterocycles. The van der Waals surface area contributed by atoms with Gasteiger partial charge in [0.05, 0.1) is 16.1 Å². The lowest BCUT2D eigenvalue weighted by Crippen LogP contribution is -2.32. The molecule has 2 saturated heterocycles. The van der Waals surface area contributed by atoms with Crippen molar-refractivity contribution in [1.82, 2.24) is 4.90 Å². The van der Waals surface area contributed by atoms with Gasteiger partial charge in [0.25, 0.3) is 0 Å². The first-order chi connectivity index (χ1) is 11.6. The topological polar surface area (TPSA) is 23.6 Å². The summed E-state index contributed by atoms with van der Waals surface area (Å²) in [6.45, 7) is 0.887. The van der Waals surface area contributed by atoms with E-state index in [4.69, 9.17) is 34.8 Å². The summed E-state index contributed by atoms with van der Waals surface area (Å²) in [6.07, 6.45) is 1.73. The van der Waals surface area contributed by atoms with Crippen LogP contribution in [0.25, 0.3) is 0 Å². The summed E-state index contributed by atoms with van der Waals surface area (Å²) < 4.78 is 0. The Hall–Kier alpha value is -1.26. The lowest BCUT2D eigenvalue weighted by Gasteiger charge is -2.30. The number of amides is 1. The number of nitrogens with zero attached hydrogens (tertiary/aromatic N) is 2. The zero-order chi connectivity index (χ0) is 16.8. The first-order valence-electron chi connectivity index (χ1n) is 7.85. The molecule has 0 unspecified atom stereocenters. The highest BCUT2D eigenvalue weighted by Gasteiger charge is 2.49. The van der Waals surface area contributed by atoms with Crippen LogP contribution in [0.15, 0.2) is 42.5 Å². The molecule has 0 aromatic heterocycles. The van der Waals surface area contributed by atoms with E-state index >= 15 is 0 Å². The molecule has 4 rings (SSSR count). The normalized spacial score (nSPS) is 23.8. The molecule has 2 atom stereocenters. The van der Waals surface area contributed by atoms with Gasteiger partial charge in [0.1, 0.15) is 6.17 Å². The van der Waals surface area contributed by atoms with Gasteiger partial charge in [-0.2, -0.15) is 0 Å². The Labute approximate surface area is 155 Å². The van der Waals surface area contributed by atoms with Crippen LogP contribution in [-0.2, 0) is 4.79 Å². The number of carbonyl (C=O) groups is 1. The monoisotopic (exact) mass is 380 g/mol. The first kappa shape index (κ1) is 16.2. The Bertz CT molecular complexity index is 811. The lowest BCUT2D eigenvalue weighted by atomic mass is 10.1. The Morgan fingerprint density at radius 3 is 2.58 bits per heavy atom. The van der Waals surface area contributed by atoms with Crippen molar-refractivity contribution < 1.29 is 4.79 Å². The van der Waals surface area contributed by atoms with Crippen molar-refractivity contribution in [3.05, 3.63) is 63.1 Å². The maximum Gasteiger partial charge on any atom is 0.246 e. The number of benzene rings is 2. The van der Waals surface area contributed by atoms with Gasteiger partial charge in [-0.05, 0) is 48.7 Å². The van der Waals surface area contributed by atoms with E-state index in [0.29, 0.717) is 15.1 Å². The number of hydrogen-bond acceptors (Lipinski definition) is 2. The third kappa shape index (κ3) is 2.60. The third-order valence-electron chi connectivity index (χ3n) is 4.70. The van der Waals surface area contributed by atoms with Crippen molar-refractivity contribution >= 4 is 46.4 Å². The van der Waals surface area contributed by atoms with Gasteiger partial charge in [-0.1, -0.05) is 46.9 Å². The van der Waals surface area contributed by atoms with Crippen LogP contribution in [0.5, 0.6) is 0 Å². The fourth-order valence-corrected chi connectivity index (χ4v) is 4.18. The Morgan fingerprint density at radius 1 is 1.00 bits per heavy atom. The summed E-state index contributed by atoms with van der Waals surface area (Å²) in [5.74, 6) is 0.117. The fourth-order valence-electron chi connectivity index (χ4n) is 3.68. The molecule has 2 aromatic carbocycles. The molecule has 1 amide bonds. The minimum atomic E-state index is -0.182. The molecule has 0 aliphatic carbocycles. The Morgan fingerprint density at radius 2 is 1.83 bits per heavy atom. The molecule has 124 valence electrons. The quantitative estimate of drug-likeness (QED) is 0.717. The van der Waals surface area contributed by atoms with Crippen molar-refractivity contribution in [2.45, 2.75) is 25.0 Å². The average molecular weight is 382 g/mol. The highest BCUT2D eigenvalue weighted by Crippen LogP contribution is 2.43. The van der Waals surface area contributed by atoms with Gasteiger partial charge in [-0.3, -0.25) is 14.6 Å². The van der Waals surface area contributed by atoms with Gasteiger partial charge in [0, 0.05) is 17.3 Å². The van der Waals surface area contributed by atoms with Crippen molar-refractivity contribution in [2.75, 3.05) is 11.4 Å². The third-order valence-corrected chi connectivity index (χ3v) is 5.68. The summed E-state index contributed by atoms with van der Waals surface area (Å²) in [6, 6.07) is 12.9. The van der Waals surface area contributed by atoms with Crippen LogP contribution in [0, 0.1) is 0 Å². The summed E-state index contributed by atoms with van der Waals surface area (Å²) in [7, 11) is 0. The second kappa shape index (κ2) is 6.23. The van der Waals surface area contributed by atoms with Crippen molar-refractivity contribution in [2.24, 2.45) is 0 Å². The minimum Gasteiger partial charge on any atom is -0.290 e. The second-order valence-electron chi connectivity index (χ2n) is 6.13. The average Bonchev–Trinajstić information content (AvgIpc) is 3.12. The van der Waals surface area contributed by atoms with Crippen LogP contribution in [0.1, 0.15) is 24.6 Å². The van der Waals surface area contributed by atoms with Crippen LogP contribution in [-0.4, -0.2) is 23.4 Å². The molecule has 2 aliphatic rings. The van der Waals surface area contributed by atoms with Crippen LogP contribution in [0.2, 0.25) is 15.1 Å². The molecule has 3 nitrogen and oxygen atoms in total. The van der Waals surface area contributed by atoms with E-state index in [0.717, 1.165) is 30.6 Å². The number of anilines is 1. The molecule has 0 N–H and O–H groups in total. The van der Waals surface area contributed by atoms with Crippen LogP contribution < -0.4 is 4.90 Å². The van der Waals surface area contributed by atoms with Gasteiger partial charge in [-0.15, -0.1) is 0 Å². The van der Waals surface area contributed by atoms with E-state index in [-0.39, 0.29) is 18.1 Å². The molecule has 0 saturated carbocycles. The lowest BCUT2D eigenvalue weighted by molar-refractivity contribution is -0.119. The summed E-state index contributed by atoms with van der Waals surface area (Å²) in [5, 5.41) is 1.62. The van der Waals surface area contributed by atoms with Gasteiger partial charge in [0.15, 0.2) is 0 Å². The van der Waals surface area contributed by atoms with E-state index in [9.17, 15) is 4.79 Å². The van der Waals surface area contributed by atoms with Gasteiger partial charge < -0.3 is 0 Å². The van der Waals surface area contributed by atoms with Crippen molar-refractivity contribution in [3.8, 4) is 0 Å². The number of rotatable bonds is 2. The maximum atomic E-state index is 13.0. The summed E-state index contributed by atoms with van der Waals surface area (Å²) in [4.78, 5) is 17.1. The minimum absolute atomic E-state index is 0.0802. The zero-order valence-electron chi connectivity index (χ0n) is 12.8. The largest absolute Gasteiger partial charge is 0.290 e. The number of carbonyl (C=O) groups excluding carboxylic acids is 1. The van der Waals surface area contributed by atoms with E-state index in [1.807, 2.05) is 35.2 Å². The van der Waals surface area contributed by atoms with Gasteiger partial charge in [-0.25, -0.2) is 0 Å². The van der Waals surface area contributed by atoms with Crippen LogP contribution >= 0.6 is 34.8 Å². The molecule has 2 aromatic rings. The fraction of sp³-hybridized carbons (Fsp3) is 0.278. The molecular weight excluding hydrogens is 367 g/mol. The molecule has 6 heteroatoms. The van der Waals surface area contributed by atoms with Crippen LogP contribution in [0.4, 0.5) is 5.69 Å². The number of hydrogen-bond donors (Lipinski definition) is 0. The standard InChI is InChI=1S/C18H15Cl3N2O/c19-12-3-1-4-13(10-12)23-17(11-6-7-14(20)15(21)9-11)22-8-2-5-16(22)18(23)24/h1,3-4,6-7,9-10,16-17H,2,5,8H2/t16-,17+/m0/s1. The summed E-state index contributed by atoms with van der Waals surface area (Å²) in [5.41, 5.74) is 1.76. The highest BCUT2D eigenvalue weighted by molar-refractivity contribution is 6.42. The molecule has 24 heavy (non-hydrogen) atoms. The smallest absolute Gasteiger partial charge is 0.246 e. The highest BCUT2D eigenvalue weighted by atomic mass is 35.5. The van der Waals surface area contributed by atoms with Gasteiger partial charge >= 0.3 is 0 Å². The summed E-state index contributed by atoms with van der Waals surface area (Å²) >= 11 is 18.4. The first-order valence-corrected chi connectivity index (χ1v) is 8.99. The molecule has 2 fully saturated rings. The molecular formula is C18H15Cl3N2O. The molecule has 0 radical (unpaired) electrons. The van der Waals surface area contributed by atoms with Crippen molar-refractivity contribution in [3.63, 3.8) is 0 Å². The predicted octanol–water partition coefficient (Wildman–Crippen LogP) is 5.16. The SMILES string of the molecule is O=C1[C@@H]2CCCN2[C@@H](c2ccc(Cl)c(Cl)c2)N1c1cccc(Cl)c1. The molecule has 0 spiro atoms. The molecule has 2 aliphatic heterocycles. The van der Waals surface area contributed by atoms with E-state index in [1.165, 1.54) is 0 Å². The second-order valence-corrected chi connectivity index (χ2v) is 7.38. The Kier molecular flexibility index (Phi) is 4.21. The number of halogens is 3. The predicted molar refractivity (Wildman–Crippen MR) is 97.9 cm³/mol. The Balaban J connectivity index is 1.83. The van der Waals surface area contributed by atoms with Gasteiger partial charge in [0.2, 0.25) is 5.91 Å². The van der Waals surface area contributed by atoms with E-state index in [1.54, 1.807) is 12.1 Å². The zero-order valence-corrected chi connectivity index (χ0v) is 15.0. The van der Waals surface area contributed by atoms with Crippen molar-refractivity contribution in [1.29, 1.82) is 0 Å². The molecule has 0 bridgehead atoms.